The number of aryl methyl sites for hydroxylation is 1. The van der Waals surface area contributed by atoms with E-state index in [2.05, 4.69) is 10.3 Å². The summed E-state index contributed by atoms with van der Waals surface area (Å²) in [5, 5.41) is 8.24. The molecule has 1 aromatic heterocycles. The molecule has 2 rings (SSSR count). The van der Waals surface area contributed by atoms with E-state index in [0.29, 0.717) is 15.6 Å². The molecule has 1 aromatic carbocycles. The van der Waals surface area contributed by atoms with Crippen LogP contribution in [0.25, 0.3) is 10.6 Å². The summed E-state index contributed by atoms with van der Waals surface area (Å²) in [4.78, 5) is 16.5. The SMILES string of the molecule is CNC(=O)c1sc(-c2ccc(S(N)(=O)=O)cc2)nc1C. The first-order chi connectivity index (χ1) is 9.32. The van der Waals surface area contributed by atoms with E-state index in [9.17, 15) is 13.2 Å². The number of primary sulfonamides is 1. The molecule has 6 nitrogen and oxygen atoms in total. The number of benzene rings is 1. The van der Waals surface area contributed by atoms with Crippen molar-refractivity contribution in [3.63, 3.8) is 0 Å². The van der Waals surface area contributed by atoms with Crippen LogP contribution in [0.3, 0.4) is 0 Å². The number of amides is 1. The number of hydrogen-bond donors (Lipinski definition) is 2. The van der Waals surface area contributed by atoms with Crippen LogP contribution in [0.15, 0.2) is 29.2 Å². The molecule has 2 aromatic rings. The van der Waals surface area contributed by atoms with Gasteiger partial charge in [-0.1, -0.05) is 12.1 Å². The lowest BCUT2D eigenvalue weighted by Gasteiger charge is -1.99. The Morgan fingerprint density at radius 3 is 2.40 bits per heavy atom. The van der Waals surface area contributed by atoms with Gasteiger partial charge in [0.15, 0.2) is 0 Å². The van der Waals surface area contributed by atoms with Crippen molar-refractivity contribution >= 4 is 27.3 Å². The topological polar surface area (TPSA) is 102 Å². The third kappa shape index (κ3) is 2.87. The fourth-order valence-electron chi connectivity index (χ4n) is 1.63. The molecule has 0 aliphatic heterocycles. The molecule has 0 atom stereocenters. The van der Waals surface area contributed by atoms with Gasteiger partial charge in [-0.15, -0.1) is 11.3 Å². The number of aromatic nitrogens is 1. The van der Waals surface area contributed by atoms with Gasteiger partial charge >= 0.3 is 0 Å². The van der Waals surface area contributed by atoms with Crippen LogP contribution in [0.2, 0.25) is 0 Å². The first kappa shape index (κ1) is 14.6. The first-order valence-electron chi connectivity index (χ1n) is 5.65. The summed E-state index contributed by atoms with van der Waals surface area (Å²) >= 11 is 1.25. The zero-order chi connectivity index (χ0) is 14.9. The lowest BCUT2D eigenvalue weighted by atomic mass is 10.2. The molecule has 0 radical (unpaired) electrons. The summed E-state index contributed by atoms with van der Waals surface area (Å²) in [5.41, 5.74) is 1.38. The summed E-state index contributed by atoms with van der Waals surface area (Å²) in [6, 6.07) is 6.07. The van der Waals surface area contributed by atoms with Gasteiger partial charge in [0.2, 0.25) is 10.0 Å². The molecule has 106 valence electrons. The fraction of sp³-hybridized carbons (Fsp3) is 0.167. The molecule has 0 fully saturated rings. The van der Waals surface area contributed by atoms with Crippen LogP contribution in [-0.4, -0.2) is 26.4 Å². The molecule has 20 heavy (non-hydrogen) atoms. The Bertz CT molecular complexity index is 749. The first-order valence-corrected chi connectivity index (χ1v) is 8.02. The van der Waals surface area contributed by atoms with Gasteiger partial charge in [-0.25, -0.2) is 18.5 Å². The number of nitrogens with zero attached hydrogens (tertiary/aromatic N) is 1. The zero-order valence-electron chi connectivity index (χ0n) is 10.9. The van der Waals surface area contributed by atoms with Gasteiger partial charge in [0.25, 0.3) is 5.91 Å². The Morgan fingerprint density at radius 2 is 1.90 bits per heavy atom. The molecule has 0 aliphatic carbocycles. The lowest BCUT2D eigenvalue weighted by Crippen LogP contribution is -2.17. The highest BCUT2D eigenvalue weighted by Crippen LogP contribution is 2.28. The van der Waals surface area contributed by atoms with Crippen molar-refractivity contribution in [3.8, 4) is 10.6 Å². The highest BCUT2D eigenvalue weighted by atomic mass is 32.2. The highest BCUT2D eigenvalue weighted by molar-refractivity contribution is 7.89. The molecule has 0 spiro atoms. The standard InChI is InChI=1S/C12H13N3O3S2/c1-7-10(11(16)14-2)19-12(15-7)8-3-5-9(6-4-8)20(13,17)18/h3-6H,1-2H3,(H,14,16)(H2,13,17,18). The van der Waals surface area contributed by atoms with Crippen LogP contribution < -0.4 is 10.5 Å². The Morgan fingerprint density at radius 1 is 1.30 bits per heavy atom. The number of rotatable bonds is 3. The van der Waals surface area contributed by atoms with Crippen molar-refractivity contribution in [2.45, 2.75) is 11.8 Å². The van der Waals surface area contributed by atoms with Crippen molar-refractivity contribution in [2.75, 3.05) is 7.05 Å². The number of hydrogen-bond acceptors (Lipinski definition) is 5. The minimum atomic E-state index is -3.70. The second kappa shape index (κ2) is 5.31. The van der Waals surface area contributed by atoms with Crippen LogP contribution in [0.4, 0.5) is 0 Å². The summed E-state index contributed by atoms with van der Waals surface area (Å²) < 4.78 is 22.4. The van der Waals surface area contributed by atoms with Gasteiger partial charge in [-0.3, -0.25) is 4.79 Å². The molecule has 3 N–H and O–H groups in total. The normalized spacial score (nSPS) is 11.3. The number of sulfonamides is 1. The van der Waals surface area contributed by atoms with E-state index in [1.54, 1.807) is 26.1 Å². The molecule has 0 unspecified atom stereocenters. The molecule has 0 aliphatic rings. The zero-order valence-corrected chi connectivity index (χ0v) is 12.5. The van der Waals surface area contributed by atoms with E-state index in [1.807, 2.05) is 0 Å². The van der Waals surface area contributed by atoms with Crippen LogP contribution in [-0.2, 0) is 10.0 Å². The predicted octanol–water partition coefficient (Wildman–Crippen LogP) is 1.13. The fourth-order valence-corrected chi connectivity index (χ4v) is 3.16. The van der Waals surface area contributed by atoms with Crippen LogP contribution in [0, 0.1) is 6.92 Å². The lowest BCUT2D eigenvalue weighted by molar-refractivity contribution is 0.0966. The summed E-state index contributed by atoms with van der Waals surface area (Å²) in [7, 11) is -2.15. The van der Waals surface area contributed by atoms with E-state index in [-0.39, 0.29) is 10.8 Å². The second-order valence-corrected chi connectivity index (χ2v) is 6.64. The largest absolute Gasteiger partial charge is 0.354 e. The van der Waals surface area contributed by atoms with Crippen molar-refractivity contribution in [3.05, 3.63) is 34.8 Å². The molecular weight excluding hydrogens is 298 g/mol. The molecule has 0 bridgehead atoms. The van der Waals surface area contributed by atoms with Crippen LogP contribution >= 0.6 is 11.3 Å². The molecule has 1 amide bonds. The van der Waals surface area contributed by atoms with Crippen molar-refractivity contribution in [1.29, 1.82) is 0 Å². The Kier molecular flexibility index (Phi) is 3.89. The Labute approximate surface area is 120 Å². The molecule has 1 heterocycles. The summed E-state index contributed by atoms with van der Waals surface area (Å²) in [6.45, 7) is 1.75. The maximum absolute atomic E-state index is 11.6. The molecule has 8 heteroatoms. The Hall–Kier alpha value is -1.77. The van der Waals surface area contributed by atoms with Crippen molar-refractivity contribution in [2.24, 2.45) is 5.14 Å². The van der Waals surface area contributed by atoms with E-state index in [1.165, 1.54) is 23.5 Å². The van der Waals surface area contributed by atoms with Crippen molar-refractivity contribution < 1.29 is 13.2 Å². The van der Waals surface area contributed by atoms with Gasteiger partial charge in [0.1, 0.15) is 9.88 Å². The van der Waals surface area contributed by atoms with Gasteiger partial charge in [0, 0.05) is 12.6 Å². The highest BCUT2D eigenvalue weighted by Gasteiger charge is 2.15. The maximum atomic E-state index is 11.6. The summed E-state index contributed by atoms with van der Waals surface area (Å²) in [6.07, 6.45) is 0. The minimum Gasteiger partial charge on any atom is -0.354 e. The minimum absolute atomic E-state index is 0.0426. The van der Waals surface area contributed by atoms with E-state index in [4.69, 9.17) is 5.14 Å². The Balaban J connectivity index is 2.40. The van der Waals surface area contributed by atoms with E-state index in [0.717, 1.165) is 5.56 Å². The van der Waals surface area contributed by atoms with Crippen molar-refractivity contribution in [1.82, 2.24) is 10.3 Å². The molecule has 0 saturated heterocycles. The quantitative estimate of drug-likeness (QED) is 0.886. The van der Waals surface area contributed by atoms with E-state index >= 15 is 0 Å². The molecule has 0 saturated carbocycles. The molecular formula is C12H13N3O3S2. The van der Waals surface area contributed by atoms with Gasteiger partial charge in [0.05, 0.1) is 10.6 Å². The number of nitrogens with two attached hydrogens (primary N) is 1. The van der Waals surface area contributed by atoms with Crippen LogP contribution in [0.5, 0.6) is 0 Å². The number of carbonyl (C=O) groups is 1. The third-order valence-corrected chi connectivity index (χ3v) is 4.79. The monoisotopic (exact) mass is 311 g/mol. The average Bonchev–Trinajstić information content (AvgIpc) is 2.79. The second-order valence-electron chi connectivity index (χ2n) is 4.08. The maximum Gasteiger partial charge on any atom is 0.263 e. The van der Waals surface area contributed by atoms with Gasteiger partial charge in [-0.2, -0.15) is 0 Å². The van der Waals surface area contributed by atoms with Gasteiger partial charge in [-0.05, 0) is 19.1 Å². The number of nitrogens with one attached hydrogen (secondary N) is 1. The van der Waals surface area contributed by atoms with Gasteiger partial charge < -0.3 is 5.32 Å². The smallest absolute Gasteiger partial charge is 0.263 e. The number of thiazole rings is 1. The average molecular weight is 311 g/mol. The van der Waals surface area contributed by atoms with E-state index < -0.39 is 10.0 Å². The third-order valence-electron chi connectivity index (χ3n) is 2.66. The number of carbonyl (C=O) groups excluding carboxylic acids is 1. The van der Waals surface area contributed by atoms with Crippen LogP contribution in [0.1, 0.15) is 15.4 Å². The predicted molar refractivity (Wildman–Crippen MR) is 77.1 cm³/mol. The summed E-state index contributed by atoms with van der Waals surface area (Å²) in [5.74, 6) is -0.188.